The van der Waals surface area contributed by atoms with Crippen molar-refractivity contribution >= 4 is 23.0 Å². The zero-order chi connectivity index (χ0) is 15.6. The Morgan fingerprint density at radius 3 is 2.57 bits per heavy atom. The Hall–Kier alpha value is -2.56. The van der Waals surface area contributed by atoms with E-state index in [2.05, 4.69) is 5.32 Å². The molecule has 0 fully saturated rings. The highest BCUT2D eigenvalue weighted by Crippen LogP contribution is 2.23. The van der Waals surface area contributed by atoms with Crippen LogP contribution in [0.5, 0.6) is 0 Å². The van der Waals surface area contributed by atoms with Crippen LogP contribution in [0.25, 0.3) is 0 Å². The fraction of sp³-hybridized carbons (Fsp3) is 0.188. The van der Waals surface area contributed by atoms with Gasteiger partial charge in [0.2, 0.25) is 0 Å². The summed E-state index contributed by atoms with van der Waals surface area (Å²) in [5.41, 5.74) is 8.55. The molecule has 3 N–H and O–H groups in total. The molecule has 0 aromatic heterocycles. The normalized spacial score (nSPS) is 10.3. The van der Waals surface area contributed by atoms with Crippen molar-refractivity contribution in [3.63, 3.8) is 0 Å². The second-order valence-corrected chi connectivity index (χ2v) is 5.09. The molecule has 0 aliphatic heterocycles. The lowest BCUT2D eigenvalue weighted by molar-refractivity contribution is 0.102. The Labute approximate surface area is 123 Å². The molecule has 2 aromatic carbocycles. The van der Waals surface area contributed by atoms with Gasteiger partial charge in [-0.05, 0) is 42.8 Å². The summed E-state index contributed by atoms with van der Waals surface area (Å²) in [6.07, 6.45) is 0. The number of rotatable bonds is 3. The van der Waals surface area contributed by atoms with E-state index in [1.807, 2.05) is 38.1 Å². The van der Waals surface area contributed by atoms with Crippen molar-refractivity contribution in [1.82, 2.24) is 0 Å². The zero-order valence-corrected chi connectivity index (χ0v) is 12.3. The maximum absolute atomic E-state index is 13.7. The lowest BCUT2D eigenvalue weighted by atomic mass is 10.1. The van der Waals surface area contributed by atoms with Gasteiger partial charge in [0.15, 0.2) is 0 Å². The molecule has 0 saturated carbocycles. The van der Waals surface area contributed by atoms with E-state index < -0.39 is 11.7 Å². The van der Waals surface area contributed by atoms with Gasteiger partial charge >= 0.3 is 0 Å². The topological polar surface area (TPSA) is 58.4 Å². The fourth-order valence-corrected chi connectivity index (χ4v) is 2.08. The minimum Gasteiger partial charge on any atom is -0.399 e. The number of amides is 1. The number of halogens is 1. The molecule has 0 unspecified atom stereocenters. The second-order valence-electron chi connectivity index (χ2n) is 5.09. The SMILES string of the molecule is Cc1ccc(NC(=O)c2cc(N)ccc2F)cc1N(C)C. The first kappa shape index (κ1) is 14.8. The van der Waals surface area contributed by atoms with Gasteiger partial charge < -0.3 is 16.0 Å². The Bertz CT molecular complexity index is 683. The summed E-state index contributed by atoms with van der Waals surface area (Å²) >= 11 is 0. The van der Waals surface area contributed by atoms with Gasteiger partial charge in [0.1, 0.15) is 5.82 Å². The predicted octanol–water partition coefficient (Wildman–Crippen LogP) is 3.03. The number of nitrogens with zero attached hydrogens (tertiary/aromatic N) is 1. The van der Waals surface area contributed by atoms with E-state index in [0.717, 1.165) is 11.3 Å². The van der Waals surface area contributed by atoms with Gasteiger partial charge in [0.25, 0.3) is 5.91 Å². The molecular formula is C16H18FN3O. The van der Waals surface area contributed by atoms with Crippen LogP contribution < -0.4 is 16.0 Å². The number of anilines is 3. The molecule has 0 saturated heterocycles. The summed E-state index contributed by atoms with van der Waals surface area (Å²) in [7, 11) is 3.84. The van der Waals surface area contributed by atoms with Gasteiger partial charge in [-0.1, -0.05) is 6.07 Å². The lowest BCUT2D eigenvalue weighted by Gasteiger charge is -2.17. The molecule has 2 rings (SSSR count). The van der Waals surface area contributed by atoms with Gasteiger partial charge in [0, 0.05) is 31.2 Å². The lowest BCUT2D eigenvalue weighted by Crippen LogP contribution is -2.15. The number of nitrogen functional groups attached to an aromatic ring is 1. The molecule has 0 radical (unpaired) electrons. The molecule has 2 aromatic rings. The van der Waals surface area contributed by atoms with Crippen LogP contribution in [0.15, 0.2) is 36.4 Å². The molecule has 0 spiro atoms. The quantitative estimate of drug-likeness (QED) is 0.853. The monoisotopic (exact) mass is 287 g/mol. The van der Waals surface area contributed by atoms with Crippen LogP contribution in [0.2, 0.25) is 0 Å². The summed E-state index contributed by atoms with van der Waals surface area (Å²) in [4.78, 5) is 14.1. The Kier molecular flexibility index (Phi) is 4.12. The van der Waals surface area contributed by atoms with E-state index in [0.29, 0.717) is 11.4 Å². The van der Waals surface area contributed by atoms with Crippen molar-refractivity contribution in [2.24, 2.45) is 0 Å². The van der Waals surface area contributed by atoms with E-state index >= 15 is 0 Å². The maximum Gasteiger partial charge on any atom is 0.258 e. The van der Waals surface area contributed by atoms with Gasteiger partial charge in [-0.15, -0.1) is 0 Å². The van der Waals surface area contributed by atoms with E-state index in [1.165, 1.54) is 18.2 Å². The van der Waals surface area contributed by atoms with E-state index in [4.69, 9.17) is 5.73 Å². The van der Waals surface area contributed by atoms with E-state index in [-0.39, 0.29) is 5.56 Å². The summed E-state index contributed by atoms with van der Waals surface area (Å²) in [6, 6.07) is 9.46. The summed E-state index contributed by atoms with van der Waals surface area (Å²) < 4.78 is 13.7. The third-order valence-corrected chi connectivity index (χ3v) is 3.18. The number of hydrogen-bond acceptors (Lipinski definition) is 3. The first-order chi connectivity index (χ1) is 9.88. The van der Waals surface area contributed by atoms with Crippen LogP contribution in [0.1, 0.15) is 15.9 Å². The molecule has 5 heteroatoms. The maximum atomic E-state index is 13.7. The molecular weight excluding hydrogens is 269 g/mol. The largest absolute Gasteiger partial charge is 0.399 e. The third kappa shape index (κ3) is 3.31. The van der Waals surface area contributed by atoms with Crippen LogP contribution in [0.4, 0.5) is 21.5 Å². The Balaban J connectivity index is 2.27. The summed E-state index contributed by atoms with van der Waals surface area (Å²) in [6.45, 7) is 1.98. The van der Waals surface area contributed by atoms with Gasteiger partial charge in [-0.25, -0.2) is 4.39 Å². The van der Waals surface area contributed by atoms with Crippen molar-refractivity contribution in [3.05, 3.63) is 53.3 Å². The summed E-state index contributed by atoms with van der Waals surface area (Å²) in [5, 5.41) is 2.69. The van der Waals surface area contributed by atoms with Crippen molar-refractivity contribution < 1.29 is 9.18 Å². The second kappa shape index (κ2) is 5.83. The highest BCUT2D eigenvalue weighted by atomic mass is 19.1. The number of nitrogens with two attached hydrogens (primary N) is 1. The average Bonchev–Trinajstić information content (AvgIpc) is 2.43. The third-order valence-electron chi connectivity index (χ3n) is 3.18. The van der Waals surface area contributed by atoms with Crippen molar-refractivity contribution in [2.45, 2.75) is 6.92 Å². The first-order valence-electron chi connectivity index (χ1n) is 6.53. The number of carbonyl (C=O) groups excluding carboxylic acids is 1. The molecule has 0 heterocycles. The van der Waals surface area contributed by atoms with Gasteiger partial charge in [-0.3, -0.25) is 4.79 Å². The summed E-state index contributed by atoms with van der Waals surface area (Å²) in [5.74, 6) is -1.12. The van der Waals surface area contributed by atoms with Crippen molar-refractivity contribution in [2.75, 3.05) is 30.0 Å². The van der Waals surface area contributed by atoms with Crippen LogP contribution in [0, 0.1) is 12.7 Å². The molecule has 4 nitrogen and oxygen atoms in total. The van der Waals surface area contributed by atoms with Crippen LogP contribution in [0.3, 0.4) is 0 Å². The fourth-order valence-electron chi connectivity index (χ4n) is 2.08. The van der Waals surface area contributed by atoms with E-state index in [9.17, 15) is 9.18 Å². The van der Waals surface area contributed by atoms with Crippen molar-refractivity contribution in [1.29, 1.82) is 0 Å². The molecule has 110 valence electrons. The molecule has 0 atom stereocenters. The Morgan fingerprint density at radius 1 is 1.19 bits per heavy atom. The standard InChI is InChI=1S/C16H18FN3O/c1-10-4-6-12(9-15(10)20(2)3)19-16(21)13-8-11(18)5-7-14(13)17/h4-9H,18H2,1-3H3,(H,19,21). The molecule has 0 aliphatic rings. The minimum absolute atomic E-state index is 0.0676. The van der Waals surface area contributed by atoms with Crippen LogP contribution >= 0.6 is 0 Å². The number of benzene rings is 2. The predicted molar refractivity (Wildman–Crippen MR) is 84.3 cm³/mol. The van der Waals surface area contributed by atoms with Gasteiger partial charge in [0.05, 0.1) is 5.56 Å². The number of hydrogen-bond donors (Lipinski definition) is 2. The zero-order valence-electron chi connectivity index (χ0n) is 12.3. The number of carbonyl (C=O) groups is 1. The highest BCUT2D eigenvalue weighted by molar-refractivity contribution is 6.05. The molecule has 1 amide bonds. The van der Waals surface area contributed by atoms with Crippen molar-refractivity contribution in [3.8, 4) is 0 Å². The Morgan fingerprint density at radius 2 is 1.90 bits per heavy atom. The molecule has 0 bridgehead atoms. The molecule has 21 heavy (non-hydrogen) atoms. The minimum atomic E-state index is -0.596. The number of nitrogens with one attached hydrogen (secondary N) is 1. The first-order valence-corrected chi connectivity index (χ1v) is 6.53. The van der Waals surface area contributed by atoms with Crippen LogP contribution in [-0.2, 0) is 0 Å². The smallest absolute Gasteiger partial charge is 0.258 e. The number of aryl methyl sites for hydroxylation is 1. The molecule has 0 aliphatic carbocycles. The van der Waals surface area contributed by atoms with Gasteiger partial charge in [-0.2, -0.15) is 0 Å². The average molecular weight is 287 g/mol. The highest BCUT2D eigenvalue weighted by Gasteiger charge is 2.13. The van der Waals surface area contributed by atoms with Crippen LogP contribution in [-0.4, -0.2) is 20.0 Å². The van der Waals surface area contributed by atoms with E-state index in [1.54, 1.807) is 6.07 Å².